The van der Waals surface area contributed by atoms with E-state index in [2.05, 4.69) is 0 Å². The van der Waals surface area contributed by atoms with E-state index < -0.39 is 0 Å². The van der Waals surface area contributed by atoms with Gasteiger partial charge < -0.3 is 9.47 Å². The molecule has 0 aliphatic carbocycles. The van der Waals surface area contributed by atoms with Crippen LogP contribution in [0, 0.1) is 5.82 Å². The highest BCUT2D eigenvalue weighted by Crippen LogP contribution is 2.34. The van der Waals surface area contributed by atoms with Crippen molar-refractivity contribution in [2.24, 2.45) is 0 Å². The highest BCUT2D eigenvalue weighted by molar-refractivity contribution is 8.26. The SMILES string of the molecule is CCN1C(=O)/C(=C\c2ccc(OCc3ccccc3F)c(OC)c2)SC1=S. The van der Waals surface area contributed by atoms with E-state index >= 15 is 0 Å². The third kappa shape index (κ3) is 4.31. The lowest BCUT2D eigenvalue weighted by Gasteiger charge is -2.12. The fraction of sp³-hybridized carbons (Fsp3) is 0.200. The van der Waals surface area contributed by atoms with Gasteiger partial charge in [-0.3, -0.25) is 9.69 Å². The molecule has 1 heterocycles. The van der Waals surface area contributed by atoms with Gasteiger partial charge in [-0.1, -0.05) is 48.2 Å². The van der Waals surface area contributed by atoms with Gasteiger partial charge in [0, 0.05) is 12.1 Å². The van der Waals surface area contributed by atoms with Crippen molar-refractivity contribution in [2.45, 2.75) is 13.5 Å². The topological polar surface area (TPSA) is 38.8 Å². The van der Waals surface area contributed by atoms with Crippen molar-refractivity contribution in [3.05, 3.63) is 64.3 Å². The van der Waals surface area contributed by atoms with Crippen LogP contribution in [0.25, 0.3) is 6.08 Å². The average Bonchev–Trinajstić information content (AvgIpc) is 2.94. The number of benzene rings is 2. The normalized spacial score (nSPS) is 15.5. The van der Waals surface area contributed by atoms with Crippen molar-refractivity contribution in [3.8, 4) is 11.5 Å². The van der Waals surface area contributed by atoms with Gasteiger partial charge in [0.25, 0.3) is 5.91 Å². The van der Waals surface area contributed by atoms with Crippen LogP contribution in [-0.4, -0.2) is 28.8 Å². The van der Waals surface area contributed by atoms with E-state index in [0.717, 1.165) is 5.56 Å². The highest BCUT2D eigenvalue weighted by atomic mass is 32.2. The number of methoxy groups -OCH3 is 1. The molecule has 2 aromatic carbocycles. The molecule has 1 aliphatic rings. The summed E-state index contributed by atoms with van der Waals surface area (Å²) in [5.41, 5.74) is 1.26. The van der Waals surface area contributed by atoms with E-state index in [1.165, 1.54) is 24.9 Å². The number of carbonyl (C=O) groups excluding carboxylic acids is 1. The molecule has 1 aliphatic heterocycles. The number of rotatable bonds is 6. The molecule has 0 spiro atoms. The molecule has 1 saturated heterocycles. The van der Waals surface area contributed by atoms with Gasteiger partial charge in [0.05, 0.1) is 12.0 Å². The first kappa shape index (κ1) is 19.4. The van der Waals surface area contributed by atoms with Crippen LogP contribution in [0.2, 0.25) is 0 Å². The molecule has 0 unspecified atom stereocenters. The van der Waals surface area contributed by atoms with Gasteiger partial charge >= 0.3 is 0 Å². The zero-order valence-electron chi connectivity index (χ0n) is 14.9. The fourth-order valence-corrected chi connectivity index (χ4v) is 3.97. The van der Waals surface area contributed by atoms with Crippen LogP contribution in [-0.2, 0) is 11.4 Å². The molecule has 0 radical (unpaired) electrons. The number of nitrogens with zero attached hydrogens (tertiary/aromatic N) is 1. The van der Waals surface area contributed by atoms with E-state index in [1.807, 2.05) is 13.0 Å². The monoisotopic (exact) mass is 403 g/mol. The van der Waals surface area contributed by atoms with Gasteiger partial charge in [0.1, 0.15) is 16.7 Å². The van der Waals surface area contributed by atoms with Crippen LogP contribution >= 0.6 is 24.0 Å². The maximum absolute atomic E-state index is 13.7. The number of thiocarbonyl (C=S) groups is 1. The minimum Gasteiger partial charge on any atom is -0.493 e. The van der Waals surface area contributed by atoms with Gasteiger partial charge in [-0.2, -0.15) is 0 Å². The summed E-state index contributed by atoms with van der Waals surface area (Å²) in [5.74, 6) is 0.599. The number of carbonyl (C=O) groups is 1. The second-order valence-electron chi connectivity index (χ2n) is 5.72. The Morgan fingerprint density at radius 1 is 1.22 bits per heavy atom. The third-order valence-electron chi connectivity index (χ3n) is 4.02. The summed E-state index contributed by atoms with van der Waals surface area (Å²) in [4.78, 5) is 14.5. The Bertz CT molecular complexity index is 914. The lowest BCUT2D eigenvalue weighted by molar-refractivity contribution is -0.121. The van der Waals surface area contributed by atoms with Crippen LogP contribution in [0.4, 0.5) is 4.39 Å². The Morgan fingerprint density at radius 3 is 2.67 bits per heavy atom. The minimum absolute atomic E-state index is 0.0913. The summed E-state index contributed by atoms with van der Waals surface area (Å²) in [6, 6.07) is 11.8. The molecule has 3 rings (SSSR count). The number of thioether (sulfide) groups is 1. The molecule has 27 heavy (non-hydrogen) atoms. The molecule has 2 aromatic rings. The van der Waals surface area contributed by atoms with Gasteiger partial charge in [0.2, 0.25) is 0 Å². The standard InChI is InChI=1S/C20H18FNO3S2/c1-3-22-19(23)18(27-20(22)26)11-13-8-9-16(17(10-13)24-2)25-12-14-6-4-5-7-15(14)21/h4-11H,3,12H2,1-2H3/b18-11+. The highest BCUT2D eigenvalue weighted by Gasteiger charge is 2.30. The second kappa shape index (κ2) is 8.54. The van der Waals surface area contributed by atoms with E-state index in [9.17, 15) is 9.18 Å². The van der Waals surface area contributed by atoms with Crippen molar-refractivity contribution in [1.29, 1.82) is 0 Å². The number of hydrogen-bond acceptors (Lipinski definition) is 5. The zero-order chi connectivity index (χ0) is 19.4. The van der Waals surface area contributed by atoms with Crippen LogP contribution in [0.15, 0.2) is 47.4 Å². The summed E-state index contributed by atoms with van der Waals surface area (Å²) in [7, 11) is 1.53. The van der Waals surface area contributed by atoms with Crippen molar-refractivity contribution >= 4 is 40.3 Å². The Kier molecular flexibility index (Phi) is 6.13. The Morgan fingerprint density at radius 2 is 2.00 bits per heavy atom. The Labute approximate surface area is 167 Å². The van der Waals surface area contributed by atoms with Gasteiger partial charge in [-0.15, -0.1) is 0 Å². The molecule has 140 valence electrons. The first-order valence-electron chi connectivity index (χ1n) is 8.33. The number of hydrogen-bond donors (Lipinski definition) is 0. The minimum atomic E-state index is -0.314. The molecule has 1 fully saturated rings. The molecule has 0 N–H and O–H groups in total. The summed E-state index contributed by atoms with van der Waals surface area (Å²) in [5, 5.41) is 0. The lowest BCUT2D eigenvalue weighted by atomic mass is 10.1. The molecule has 7 heteroatoms. The molecule has 0 aromatic heterocycles. The average molecular weight is 404 g/mol. The van der Waals surface area contributed by atoms with Gasteiger partial charge in [0.15, 0.2) is 11.5 Å². The predicted molar refractivity (Wildman–Crippen MR) is 109 cm³/mol. The van der Waals surface area contributed by atoms with Crippen molar-refractivity contribution in [3.63, 3.8) is 0 Å². The number of amides is 1. The number of likely N-dealkylation sites (N-methyl/N-ethyl adjacent to an activating group) is 1. The van der Waals surface area contributed by atoms with Crippen molar-refractivity contribution < 1.29 is 18.7 Å². The van der Waals surface area contributed by atoms with E-state index in [0.29, 0.717) is 32.8 Å². The van der Waals surface area contributed by atoms with E-state index in [-0.39, 0.29) is 18.3 Å². The zero-order valence-corrected chi connectivity index (χ0v) is 16.5. The number of ether oxygens (including phenoxy) is 2. The summed E-state index contributed by atoms with van der Waals surface area (Å²) in [6.45, 7) is 2.53. The van der Waals surface area contributed by atoms with Gasteiger partial charge in [-0.05, 0) is 36.8 Å². The molecule has 4 nitrogen and oxygen atoms in total. The Balaban J connectivity index is 1.79. The molecule has 1 amide bonds. The Hall–Kier alpha value is -2.38. The van der Waals surface area contributed by atoms with Gasteiger partial charge in [-0.25, -0.2) is 4.39 Å². The second-order valence-corrected chi connectivity index (χ2v) is 7.39. The third-order valence-corrected chi connectivity index (χ3v) is 5.39. The van der Waals surface area contributed by atoms with Crippen LogP contribution in [0.3, 0.4) is 0 Å². The van der Waals surface area contributed by atoms with Crippen LogP contribution in [0.5, 0.6) is 11.5 Å². The largest absolute Gasteiger partial charge is 0.493 e. The van der Waals surface area contributed by atoms with Crippen LogP contribution < -0.4 is 9.47 Å². The summed E-state index contributed by atoms with van der Waals surface area (Å²) in [6.07, 6.45) is 1.78. The van der Waals surface area contributed by atoms with Crippen molar-refractivity contribution in [2.75, 3.05) is 13.7 Å². The molecular formula is C20H18FNO3S2. The molecule has 0 saturated carbocycles. The quantitative estimate of drug-likeness (QED) is 0.519. The predicted octanol–water partition coefficient (Wildman–Crippen LogP) is 4.63. The fourth-order valence-electron chi connectivity index (χ4n) is 2.59. The maximum Gasteiger partial charge on any atom is 0.266 e. The summed E-state index contributed by atoms with van der Waals surface area (Å²) >= 11 is 6.51. The molecule has 0 atom stereocenters. The van der Waals surface area contributed by atoms with Crippen molar-refractivity contribution in [1.82, 2.24) is 4.90 Å². The first-order valence-corrected chi connectivity index (χ1v) is 9.55. The van der Waals surface area contributed by atoms with Crippen LogP contribution in [0.1, 0.15) is 18.1 Å². The number of halogens is 1. The smallest absolute Gasteiger partial charge is 0.266 e. The molecular weight excluding hydrogens is 385 g/mol. The lowest BCUT2D eigenvalue weighted by Crippen LogP contribution is -2.27. The van der Waals surface area contributed by atoms with E-state index in [1.54, 1.807) is 41.3 Å². The molecule has 0 bridgehead atoms. The maximum atomic E-state index is 13.7. The summed E-state index contributed by atoms with van der Waals surface area (Å²) < 4.78 is 25.4. The first-order chi connectivity index (χ1) is 13.0. The van der Waals surface area contributed by atoms with E-state index in [4.69, 9.17) is 21.7 Å².